The summed E-state index contributed by atoms with van der Waals surface area (Å²) in [5, 5.41) is 0. The summed E-state index contributed by atoms with van der Waals surface area (Å²) in [5.41, 5.74) is 3.00. The van der Waals surface area contributed by atoms with Crippen LogP contribution in [0.1, 0.15) is 0 Å². The molecule has 0 bridgehead atoms. The maximum Gasteiger partial charge on any atom is 0.137 e. The third-order valence-corrected chi connectivity index (χ3v) is 2.91. The summed E-state index contributed by atoms with van der Waals surface area (Å²) in [6.07, 6.45) is 5.38. The number of rotatable bonds is 3. The number of pyridine rings is 1. The molecule has 0 saturated heterocycles. The first-order valence-electron chi connectivity index (χ1n) is 5.96. The van der Waals surface area contributed by atoms with Crippen LogP contribution >= 0.6 is 0 Å². The zero-order chi connectivity index (χ0) is 13.1. The standard InChI is InChI=1S/C15H13N3O/c1-19-13-6-4-11(5-7-13)15-17-10-14(18-15)12-3-2-8-16-9-12/h2-10H,1H3,(H,17,18). The highest BCUT2D eigenvalue weighted by atomic mass is 16.5. The maximum absolute atomic E-state index is 5.14. The molecule has 4 nitrogen and oxygen atoms in total. The number of benzene rings is 1. The minimum absolute atomic E-state index is 0.835. The van der Waals surface area contributed by atoms with Crippen LogP contribution in [0.4, 0.5) is 0 Å². The van der Waals surface area contributed by atoms with Crippen molar-refractivity contribution >= 4 is 0 Å². The molecule has 0 fully saturated rings. The zero-order valence-corrected chi connectivity index (χ0v) is 10.5. The normalized spacial score (nSPS) is 10.4. The van der Waals surface area contributed by atoms with Gasteiger partial charge in [0.15, 0.2) is 0 Å². The minimum Gasteiger partial charge on any atom is -0.497 e. The van der Waals surface area contributed by atoms with Crippen LogP contribution in [0, 0.1) is 0 Å². The molecule has 0 aliphatic carbocycles. The van der Waals surface area contributed by atoms with E-state index >= 15 is 0 Å². The number of ether oxygens (including phenoxy) is 1. The molecule has 0 radical (unpaired) electrons. The fourth-order valence-electron chi connectivity index (χ4n) is 1.89. The van der Waals surface area contributed by atoms with E-state index in [1.165, 1.54) is 0 Å². The van der Waals surface area contributed by atoms with E-state index in [2.05, 4.69) is 15.0 Å². The average molecular weight is 251 g/mol. The molecule has 0 spiro atoms. The number of H-pyrrole nitrogens is 1. The molecule has 94 valence electrons. The van der Waals surface area contributed by atoms with Gasteiger partial charge in [-0.25, -0.2) is 4.98 Å². The van der Waals surface area contributed by atoms with Crippen LogP contribution in [-0.4, -0.2) is 22.1 Å². The van der Waals surface area contributed by atoms with Gasteiger partial charge in [0, 0.05) is 23.5 Å². The first-order chi connectivity index (χ1) is 9.36. The number of nitrogens with zero attached hydrogens (tertiary/aromatic N) is 2. The number of aromatic amines is 1. The predicted molar refractivity (Wildman–Crippen MR) is 73.8 cm³/mol. The van der Waals surface area contributed by atoms with E-state index in [1.54, 1.807) is 13.3 Å². The predicted octanol–water partition coefficient (Wildman–Crippen LogP) is 3.15. The smallest absolute Gasteiger partial charge is 0.137 e. The molecule has 3 aromatic rings. The molecule has 0 unspecified atom stereocenters. The Balaban J connectivity index is 1.92. The van der Waals surface area contributed by atoms with Crippen molar-refractivity contribution in [1.29, 1.82) is 0 Å². The van der Waals surface area contributed by atoms with E-state index in [0.29, 0.717) is 0 Å². The van der Waals surface area contributed by atoms with E-state index in [0.717, 1.165) is 28.4 Å². The van der Waals surface area contributed by atoms with Crippen LogP contribution in [0.2, 0.25) is 0 Å². The van der Waals surface area contributed by atoms with Gasteiger partial charge in [-0.1, -0.05) is 0 Å². The van der Waals surface area contributed by atoms with Gasteiger partial charge in [0.1, 0.15) is 11.6 Å². The van der Waals surface area contributed by atoms with Crippen molar-refractivity contribution in [3.63, 3.8) is 0 Å². The number of aromatic nitrogens is 3. The van der Waals surface area contributed by atoms with Gasteiger partial charge in [0.25, 0.3) is 0 Å². The summed E-state index contributed by atoms with van der Waals surface area (Å²) in [6.45, 7) is 0. The minimum atomic E-state index is 0.835. The molecule has 0 aliphatic rings. The van der Waals surface area contributed by atoms with Gasteiger partial charge >= 0.3 is 0 Å². The summed E-state index contributed by atoms with van der Waals surface area (Å²) in [7, 11) is 1.66. The number of hydrogen-bond donors (Lipinski definition) is 1. The lowest BCUT2D eigenvalue weighted by Gasteiger charge is -2.00. The summed E-state index contributed by atoms with van der Waals surface area (Å²) < 4.78 is 5.14. The van der Waals surface area contributed by atoms with E-state index < -0.39 is 0 Å². The Kier molecular flexibility index (Phi) is 2.98. The molecule has 0 amide bonds. The van der Waals surface area contributed by atoms with E-state index in [1.807, 2.05) is 48.8 Å². The Bertz CT molecular complexity index is 659. The second kappa shape index (κ2) is 4.94. The van der Waals surface area contributed by atoms with Crippen molar-refractivity contribution in [2.45, 2.75) is 0 Å². The number of imidazole rings is 1. The van der Waals surface area contributed by atoms with Gasteiger partial charge in [-0.05, 0) is 36.4 Å². The van der Waals surface area contributed by atoms with Crippen molar-refractivity contribution in [3.8, 4) is 28.4 Å². The van der Waals surface area contributed by atoms with Crippen molar-refractivity contribution in [3.05, 3.63) is 55.0 Å². The van der Waals surface area contributed by atoms with E-state index in [4.69, 9.17) is 4.74 Å². The summed E-state index contributed by atoms with van der Waals surface area (Å²) >= 11 is 0. The number of methoxy groups -OCH3 is 1. The van der Waals surface area contributed by atoms with Crippen LogP contribution in [0.25, 0.3) is 22.6 Å². The van der Waals surface area contributed by atoms with Crippen LogP contribution in [0.5, 0.6) is 5.75 Å². The SMILES string of the molecule is COc1ccc(-c2ncc(-c3cccnc3)[nH]2)cc1. The highest BCUT2D eigenvalue weighted by Crippen LogP contribution is 2.23. The lowest BCUT2D eigenvalue weighted by Crippen LogP contribution is -1.84. The fourth-order valence-corrected chi connectivity index (χ4v) is 1.89. The number of nitrogens with one attached hydrogen (secondary N) is 1. The maximum atomic E-state index is 5.14. The highest BCUT2D eigenvalue weighted by molar-refractivity contribution is 5.64. The van der Waals surface area contributed by atoms with Gasteiger partial charge in [0.05, 0.1) is 19.0 Å². The Hall–Kier alpha value is -2.62. The van der Waals surface area contributed by atoms with E-state index in [-0.39, 0.29) is 0 Å². The molecule has 1 aromatic carbocycles. The van der Waals surface area contributed by atoms with Gasteiger partial charge in [-0.3, -0.25) is 4.98 Å². The molecule has 2 aromatic heterocycles. The second-order valence-corrected chi connectivity index (χ2v) is 4.12. The summed E-state index contributed by atoms with van der Waals surface area (Å²) in [4.78, 5) is 11.8. The largest absolute Gasteiger partial charge is 0.497 e. The van der Waals surface area contributed by atoms with Crippen molar-refractivity contribution < 1.29 is 4.74 Å². The van der Waals surface area contributed by atoms with Gasteiger partial charge in [0.2, 0.25) is 0 Å². The topological polar surface area (TPSA) is 50.8 Å². The van der Waals surface area contributed by atoms with Crippen LogP contribution in [0.15, 0.2) is 55.0 Å². The highest BCUT2D eigenvalue weighted by Gasteiger charge is 2.05. The molecule has 0 atom stereocenters. The fraction of sp³-hybridized carbons (Fsp3) is 0.0667. The molecular formula is C15H13N3O. The number of hydrogen-bond acceptors (Lipinski definition) is 3. The third-order valence-electron chi connectivity index (χ3n) is 2.91. The first-order valence-corrected chi connectivity index (χ1v) is 5.96. The summed E-state index contributed by atoms with van der Waals surface area (Å²) in [5.74, 6) is 1.67. The first kappa shape index (κ1) is 11.5. The summed E-state index contributed by atoms with van der Waals surface area (Å²) in [6, 6.07) is 11.7. The van der Waals surface area contributed by atoms with Crippen molar-refractivity contribution in [1.82, 2.24) is 15.0 Å². The molecule has 1 N–H and O–H groups in total. The van der Waals surface area contributed by atoms with Crippen molar-refractivity contribution in [2.75, 3.05) is 7.11 Å². The Labute approximate surface area is 111 Å². The van der Waals surface area contributed by atoms with Gasteiger partial charge < -0.3 is 9.72 Å². The molecule has 0 aliphatic heterocycles. The zero-order valence-electron chi connectivity index (χ0n) is 10.5. The van der Waals surface area contributed by atoms with Gasteiger partial charge in [-0.15, -0.1) is 0 Å². The Morgan fingerprint density at radius 2 is 1.84 bits per heavy atom. The average Bonchev–Trinajstić information content (AvgIpc) is 2.98. The molecule has 0 saturated carbocycles. The quantitative estimate of drug-likeness (QED) is 0.778. The Morgan fingerprint density at radius 1 is 1.00 bits per heavy atom. The lowest BCUT2D eigenvalue weighted by atomic mass is 10.2. The second-order valence-electron chi connectivity index (χ2n) is 4.12. The monoisotopic (exact) mass is 251 g/mol. The lowest BCUT2D eigenvalue weighted by molar-refractivity contribution is 0.415. The molecule has 2 heterocycles. The van der Waals surface area contributed by atoms with Gasteiger partial charge in [-0.2, -0.15) is 0 Å². The van der Waals surface area contributed by atoms with Crippen molar-refractivity contribution in [2.24, 2.45) is 0 Å². The molecule has 19 heavy (non-hydrogen) atoms. The molecular weight excluding hydrogens is 238 g/mol. The molecule has 3 rings (SSSR count). The van der Waals surface area contributed by atoms with Crippen LogP contribution in [-0.2, 0) is 0 Å². The Morgan fingerprint density at radius 3 is 2.53 bits per heavy atom. The van der Waals surface area contributed by atoms with Crippen LogP contribution < -0.4 is 4.74 Å². The third kappa shape index (κ3) is 2.33. The molecule has 4 heteroatoms. The van der Waals surface area contributed by atoms with E-state index in [9.17, 15) is 0 Å². The van der Waals surface area contributed by atoms with Crippen LogP contribution in [0.3, 0.4) is 0 Å².